The molecule has 1 atom stereocenters. The summed E-state index contributed by atoms with van der Waals surface area (Å²) in [7, 11) is 1.80. The Morgan fingerprint density at radius 2 is 1.96 bits per heavy atom. The van der Waals surface area contributed by atoms with Crippen molar-refractivity contribution in [1.82, 2.24) is 10.2 Å². The zero-order chi connectivity index (χ0) is 17.5. The minimum atomic E-state index is -0.0830. The molecule has 4 nitrogen and oxygen atoms in total. The molecular weight excluding hydrogens is 344 g/mol. The van der Waals surface area contributed by atoms with Crippen molar-refractivity contribution in [2.45, 2.75) is 25.8 Å². The molecule has 0 radical (unpaired) electrons. The van der Waals surface area contributed by atoms with Crippen molar-refractivity contribution in [3.63, 3.8) is 0 Å². The maximum atomic E-state index is 12.3. The first kappa shape index (κ1) is 18.5. The van der Waals surface area contributed by atoms with Gasteiger partial charge in [-0.05, 0) is 42.5 Å². The van der Waals surface area contributed by atoms with Crippen LogP contribution in [-0.2, 0) is 4.79 Å². The molecule has 2 amide bonds. The van der Waals surface area contributed by atoms with Crippen LogP contribution in [0.15, 0.2) is 41.8 Å². The van der Waals surface area contributed by atoms with Crippen LogP contribution in [0.25, 0.3) is 0 Å². The third-order valence-corrected chi connectivity index (χ3v) is 5.05. The van der Waals surface area contributed by atoms with E-state index in [1.165, 1.54) is 11.3 Å². The molecular formula is C18H21ClN2O2S. The number of hydrogen-bond donors (Lipinski definition) is 1. The highest BCUT2D eigenvalue weighted by Gasteiger charge is 2.17. The number of amides is 2. The van der Waals surface area contributed by atoms with Crippen LogP contribution in [0.3, 0.4) is 0 Å². The third-order valence-electron chi connectivity index (χ3n) is 3.92. The lowest BCUT2D eigenvalue weighted by Crippen LogP contribution is -2.30. The van der Waals surface area contributed by atoms with Gasteiger partial charge in [0.2, 0.25) is 5.91 Å². The van der Waals surface area contributed by atoms with E-state index in [0.717, 1.165) is 5.56 Å². The number of nitrogens with zero attached hydrogens (tertiary/aromatic N) is 1. The van der Waals surface area contributed by atoms with Crippen LogP contribution >= 0.6 is 22.9 Å². The first-order valence-corrected chi connectivity index (χ1v) is 9.07. The summed E-state index contributed by atoms with van der Waals surface area (Å²) in [5, 5.41) is 5.38. The number of carbonyl (C=O) groups excluding carboxylic acids is 2. The van der Waals surface area contributed by atoms with E-state index in [0.29, 0.717) is 29.3 Å². The van der Waals surface area contributed by atoms with Crippen molar-refractivity contribution in [2.24, 2.45) is 0 Å². The van der Waals surface area contributed by atoms with Crippen LogP contribution in [0.2, 0.25) is 5.02 Å². The third kappa shape index (κ3) is 5.08. The molecule has 6 heteroatoms. The Balaban J connectivity index is 1.75. The maximum Gasteiger partial charge on any atom is 0.261 e. The molecule has 0 aliphatic rings. The first-order chi connectivity index (χ1) is 11.5. The largest absolute Gasteiger partial charge is 0.351 e. The second-order valence-electron chi connectivity index (χ2n) is 5.57. The van der Waals surface area contributed by atoms with Gasteiger partial charge in [-0.1, -0.05) is 29.8 Å². The Morgan fingerprint density at radius 3 is 2.58 bits per heavy atom. The summed E-state index contributed by atoms with van der Waals surface area (Å²) in [6, 6.07) is 11.1. The minimum Gasteiger partial charge on any atom is -0.351 e. The molecule has 128 valence electrons. The Hall–Kier alpha value is -1.85. The highest BCUT2D eigenvalue weighted by Crippen LogP contribution is 2.21. The average molecular weight is 365 g/mol. The molecule has 1 unspecified atom stereocenters. The van der Waals surface area contributed by atoms with Crippen LogP contribution in [0.4, 0.5) is 0 Å². The maximum absolute atomic E-state index is 12.3. The molecule has 2 aromatic rings. The zero-order valence-corrected chi connectivity index (χ0v) is 15.4. The molecule has 1 aromatic heterocycles. The van der Waals surface area contributed by atoms with Crippen molar-refractivity contribution in [3.05, 3.63) is 57.2 Å². The lowest BCUT2D eigenvalue weighted by atomic mass is 10.1. The topological polar surface area (TPSA) is 49.4 Å². The fraction of sp³-hybridized carbons (Fsp3) is 0.333. The van der Waals surface area contributed by atoms with E-state index in [2.05, 4.69) is 5.32 Å². The molecule has 0 saturated heterocycles. The molecule has 0 aliphatic carbocycles. The van der Waals surface area contributed by atoms with Crippen LogP contribution in [0.5, 0.6) is 0 Å². The summed E-state index contributed by atoms with van der Waals surface area (Å²) >= 11 is 7.30. The summed E-state index contributed by atoms with van der Waals surface area (Å²) in [4.78, 5) is 26.5. The van der Waals surface area contributed by atoms with Gasteiger partial charge in [-0.3, -0.25) is 9.59 Å². The van der Waals surface area contributed by atoms with Crippen LogP contribution in [-0.4, -0.2) is 30.3 Å². The van der Waals surface area contributed by atoms with E-state index in [1.807, 2.05) is 42.6 Å². The number of rotatable bonds is 7. The van der Waals surface area contributed by atoms with Crippen LogP contribution in [0, 0.1) is 0 Å². The summed E-state index contributed by atoms with van der Waals surface area (Å²) < 4.78 is 0. The van der Waals surface area contributed by atoms with Gasteiger partial charge in [0, 0.05) is 25.0 Å². The molecule has 2 rings (SSSR count). The Bertz CT molecular complexity index is 671. The normalized spacial score (nSPS) is 11.8. The zero-order valence-electron chi connectivity index (χ0n) is 13.8. The van der Waals surface area contributed by atoms with Crippen molar-refractivity contribution >= 4 is 34.8 Å². The second-order valence-corrected chi connectivity index (χ2v) is 6.95. The molecule has 1 heterocycles. The number of hydrogen-bond acceptors (Lipinski definition) is 3. The minimum absolute atomic E-state index is 0.0181. The number of thiophene rings is 1. The predicted octanol–water partition coefficient (Wildman–Crippen LogP) is 4.13. The predicted molar refractivity (Wildman–Crippen MR) is 98.5 cm³/mol. The molecule has 24 heavy (non-hydrogen) atoms. The summed E-state index contributed by atoms with van der Waals surface area (Å²) in [6.07, 6.45) is 1.02. The molecule has 0 bridgehead atoms. The van der Waals surface area contributed by atoms with Gasteiger partial charge in [-0.15, -0.1) is 11.3 Å². The average Bonchev–Trinajstić information content (AvgIpc) is 3.12. The van der Waals surface area contributed by atoms with E-state index in [1.54, 1.807) is 18.0 Å². The van der Waals surface area contributed by atoms with Crippen LogP contribution < -0.4 is 5.32 Å². The summed E-state index contributed by atoms with van der Waals surface area (Å²) in [5.74, 6) is -0.0249. The van der Waals surface area contributed by atoms with E-state index in [4.69, 9.17) is 11.6 Å². The summed E-state index contributed by atoms with van der Waals surface area (Å²) in [6.45, 7) is 2.48. The van der Waals surface area contributed by atoms with Gasteiger partial charge in [0.05, 0.1) is 10.9 Å². The molecule has 1 aromatic carbocycles. The standard InChI is InChI=1S/C18H21ClN2O2S/c1-13(14-7-9-15(19)10-8-14)21(2)17(22)6-3-11-20-18(23)16-5-4-12-24-16/h4-5,7-10,12-13H,3,6,11H2,1-2H3,(H,20,23). The van der Waals surface area contributed by atoms with E-state index in [9.17, 15) is 9.59 Å². The van der Waals surface area contributed by atoms with Gasteiger partial charge in [-0.25, -0.2) is 0 Å². The van der Waals surface area contributed by atoms with Crippen LogP contribution in [0.1, 0.15) is 41.0 Å². The number of carbonyl (C=O) groups is 2. The van der Waals surface area contributed by atoms with Crippen molar-refractivity contribution in [2.75, 3.05) is 13.6 Å². The van der Waals surface area contributed by atoms with E-state index < -0.39 is 0 Å². The van der Waals surface area contributed by atoms with Crippen molar-refractivity contribution in [1.29, 1.82) is 0 Å². The Kier molecular flexibility index (Phi) is 6.82. The van der Waals surface area contributed by atoms with E-state index in [-0.39, 0.29) is 17.9 Å². The fourth-order valence-electron chi connectivity index (χ4n) is 2.29. The Morgan fingerprint density at radius 1 is 1.25 bits per heavy atom. The summed E-state index contributed by atoms with van der Waals surface area (Å²) in [5.41, 5.74) is 1.04. The molecule has 1 N–H and O–H groups in total. The smallest absolute Gasteiger partial charge is 0.261 e. The van der Waals surface area contributed by atoms with Gasteiger partial charge < -0.3 is 10.2 Å². The van der Waals surface area contributed by atoms with Gasteiger partial charge in [0.25, 0.3) is 5.91 Å². The lowest BCUT2D eigenvalue weighted by Gasteiger charge is -2.25. The van der Waals surface area contributed by atoms with Gasteiger partial charge in [0.1, 0.15) is 0 Å². The van der Waals surface area contributed by atoms with Crippen molar-refractivity contribution < 1.29 is 9.59 Å². The van der Waals surface area contributed by atoms with Gasteiger partial charge >= 0.3 is 0 Å². The second kappa shape index (κ2) is 8.85. The molecule has 0 saturated carbocycles. The Labute approximate surface area is 151 Å². The molecule has 0 spiro atoms. The van der Waals surface area contributed by atoms with E-state index >= 15 is 0 Å². The monoisotopic (exact) mass is 364 g/mol. The first-order valence-electron chi connectivity index (χ1n) is 7.82. The van der Waals surface area contributed by atoms with Gasteiger partial charge in [-0.2, -0.15) is 0 Å². The number of nitrogens with one attached hydrogen (secondary N) is 1. The molecule has 0 fully saturated rings. The van der Waals surface area contributed by atoms with Crippen molar-refractivity contribution in [3.8, 4) is 0 Å². The highest BCUT2D eigenvalue weighted by atomic mass is 35.5. The number of halogens is 1. The lowest BCUT2D eigenvalue weighted by molar-refractivity contribution is -0.131. The van der Waals surface area contributed by atoms with Gasteiger partial charge in [0.15, 0.2) is 0 Å². The molecule has 0 aliphatic heterocycles. The number of benzene rings is 1. The quantitative estimate of drug-likeness (QED) is 0.751. The fourth-order valence-corrected chi connectivity index (χ4v) is 3.06. The highest BCUT2D eigenvalue weighted by molar-refractivity contribution is 7.12. The SMILES string of the molecule is CC(c1ccc(Cl)cc1)N(C)C(=O)CCCNC(=O)c1cccs1.